The predicted molar refractivity (Wildman–Crippen MR) is 80.6 cm³/mol. The summed E-state index contributed by atoms with van der Waals surface area (Å²) in [7, 11) is 0. The van der Waals surface area contributed by atoms with Gasteiger partial charge in [0.2, 0.25) is 0 Å². The summed E-state index contributed by atoms with van der Waals surface area (Å²) >= 11 is 7.85. The second kappa shape index (κ2) is 6.51. The molecule has 0 bridgehead atoms. The van der Waals surface area contributed by atoms with Crippen LogP contribution in [0.25, 0.3) is 0 Å². The average Bonchev–Trinajstić information content (AvgIpc) is 2.78. The minimum absolute atomic E-state index is 0.221. The molecule has 0 spiro atoms. The maximum absolute atomic E-state index is 13.1. The number of thiophene rings is 1. The molecule has 0 aliphatic rings. The summed E-state index contributed by atoms with van der Waals surface area (Å²) in [6.45, 7) is 5.09. The van der Waals surface area contributed by atoms with Crippen molar-refractivity contribution >= 4 is 22.9 Å². The average molecular weight is 298 g/mol. The van der Waals surface area contributed by atoms with Crippen LogP contribution in [0.5, 0.6) is 0 Å². The van der Waals surface area contributed by atoms with Gasteiger partial charge in [0.05, 0.1) is 0 Å². The van der Waals surface area contributed by atoms with E-state index in [-0.39, 0.29) is 11.9 Å². The van der Waals surface area contributed by atoms with Gasteiger partial charge >= 0.3 is 0 Å². The van der Waals surface area contributed by atoms with Gasteiger partial charge in [0.25, 0.3) is 0 Å². The van der Waals surface area contributed by atoms with Crippen molar-refractivity contribution in [3.05, 3.63) is 56.5 Å². The smallest absolute Gasteiger partial charge is 0.124 e. The highest BCUT2D eigenvalue weighted by molar-refractivity contribution is 7.10. The van der Waals surface area contributed by atoms with Crippen molar-refractivity contribution in [2.75, 3.05) is 6.54 Å². The lowest BCUT2D eigenvalue weighted by atomic mass is 9.99. The number of likely N-dealkylation sites (N-methyl/N-ethyl adjacent to an activating group) is 1. The monoisotopic (exact) mass is 297 g/mol. The van der Waals surface area contributed by atoms with E-state index in [0.29, 0.717) is 5.02 Å². The topological polar surface area (TPSA) is 12.0 Å². The molecule has 1 aromatic heterocycles. The van der Waals surface area contributed by atoms with Gasteiger partial charge in [-0.15, -0.1) is 11.3 Å². The van der Waals surface area contributed by atoms with Gasteiger partial charge in [-0.1, -0.05) is 24.6 Å². The van der Waals surface area contributed by atoms with E-state index in [0.717, 1.165) is 18.5 Å². The third kappa shape index (κ3) is 3.56. The molecule has 2 rings (SSSR count). The maximum Gasteiger partial charge on any atom is 0.124 e. The summed E-state index contributed by atoms with van der Waals surface area (Å²) in [5, 5.41) is 6.07. The molecule has 1 unspecified atom stereocenters. The highest BCUT2D eigenvalue weighted by Crippen LogP contribution is 2.28. The first-order chi connectivity index (χ1) is 9.11. The van der Waals surface area contributed by atoms with E-state index >= 15 is 0 Å². The van der Waals surface area contributed by atoms with Gasteiger partial charge in [-0.3, -0.25) is 0 Å². The molecule has 0 aliphatic heterocycles. The summed E-state index contributed by atoms with van der Waals surface area (Å²) in [4.78, 5) is 1.31. The van der Waals surface area contributed by atoms with E-state index in [9.17, 15) is 4.39 Å². The number of halogens is 2. The van der Waals surface area contributed by atoms with Crippen molar-refractivity contribution in [2.24, 2.45) is 0 Å². The molecule has 1 nitrogen and oxygen atoms in total. The molecule has 0 aliphatic carbocycles. The fourth-order valence-electron chi connectivity index (χ4n) is 2.20. The van der Waals surface area contributed by atoms with Gasteiger partial charge < -0.3 is 5.32 Å². The van der Waals surface area contributed by atoms with Crippen molar-refractivity contribution in [3.63, 3.8) is 0 Å². The second-order valence-electron chi connectivity index (χ2n) is 4.48. The molecular formula is C15H17ClFNS. The third-order valence-corrected chi connectivity index (χ3v) is 4.38. The van der Waals surface area contributed by atoms with Crippen LogP contribution >= 0.6 is 22.9 Å². The van der Waals surface area contributed by atoms with E-state index in [2.05, 4.69) is 30.6 Å². The molecule has 1 N–H and O–H groups in total. The Hall–Kier alpha value is -0.900. The maximum atomic E-state index is 13.1. The van der Waals surface area contributed by atoms with Gasteiger partial charge in [-0.25, -0.2) is 4.39 Å². The fourth-order valence-corrected chi connectivity index (χ4v) is 3.21. The van der Waals surface area contributed by atoms with E-state index in [1.807, 2.05) is 0 Å². The Kier molecular flexibility index (Phi) is 4.97. The van der Waals surface area contributed by atoms with Crippen LogP contribution in [0.1, 0.15) is 29.0 Å². The molecular weight excluding hydrogens is 281 g/mol. The number of rotatable bonds is 5. The Bertz CT molecular complexity index is 553. The summed E-state index contributed by atoms with van der Waals surface area (Å²) in [5.41, 5.74) is 2.27. The summed E-state index contributed by atoms with van der Waals surface area (Å²) in [6.07, 6.45) is 0.768. The summed E-state index contributed by atoms with van der Waals surface area (Å²) < 4.78 is 13.1. The number of hydrogen-bond acceptors (Lipinski definition) is 2. The number of hydrogen-bond donors (Lipinski definition) is 1. The lowest BCUT2D eigenvalue weighted by molar-refractivity contribution is 0.548. The second-order valence-corrected chi connectivity index (χ2v) is 6.01. The van der Waals surface area contributed by atoms with Crippen LogP contribution in [0, 0.1) is 12.7 Å². The standard InChI is InChI=1S/C15H17ClFNS/c1-3-18-15(13-6-7-19-10(13)2)8-11-4-5-12(17)9-14(11)16/h4-7,9,15,18H,3,8H2,1-2H3. The van der Waals surface area contributed by atoms with Crippen molar-refractivity contribution in [1.82, 2.24) is 5.32 Å². The SMILES string of the molecule is CCNC(Cc1ccc(F)cc1Cl)c1ccsc1C. The summed E-state index contributed by atoms with van der Waals surface area (Å²) in [6, 6.07) is 6.97. The molecule has 0 fully saturated rings. The molecule has 2 aromatic rings. The fraction of sp³-hybridized carbons (Fsp3) is 0.333. The first-order valence-corrected chi connectivity index (χ1v) is 7.59. The van der Waals surface area contributed by atoms with Crippen molar-refractivity contribution in [2.45, 2.75) is 26.3 Å². The van der Waals surface area contributed by atoms with Gasteiger partial charge in [0.1, 0.15) is 5.82 Å². The quantitative estimate of drug-likeness (QED) is 0.840. The number of nitrogens with one attached hydrogen (secondary N) is 1. The molecule has 0 saturated heterocycles. The van der Waals surface area contributed by atoms with Crippen molar-refractivity contribution in [1.29, 1.82) is 0 Å². The molecule has 1 heterocycles. The van der Waals surface area contributed by atoms with Crippen molar-refractivity contribution < 1.29 is 4.39 Å². The third-order valence-electron chi connectivity index (χ3n) is 3.16. The lowest BCUT2D eigenvalue weighted by Crippen LogP contribution is -2.23. The minimum Gasteiger partial charge on any atom is -0.310 e. The Balaban J connectivity index is 2.24. The Labute approximate surface area is 122 Å². The molecule has 1 aromatic carbocycles. The van der Waals surface area contributed by atoms with Crippen LogP contribution in [0.4, 0.5) is 4.39 Å². The zero-order chi connectivity index (χ0) is 13.8. The molecule has 102 valence electrons. The Morgan fingerprint density at radius 1 is 1.37 bits per heavy atom. The summed E-state index contributed by atoms with van der Waals surface area (Å²) in [5.74, 6) is -0.291. The number of benzene rings is 1. The highest BCUT2D eigenvalue weighted by atomic mass is 35.5. The van der Waals surface area contributed by atoms with Crippen LogP contribution < -0.4 is 5.32 Å². The van der Waals surface area contributed by atoms with Crippen LogP contribution in [-0.2, 0) is 6.42 Å². The van der Waals surface area contributed by atoms with E-state index in [1.54, 1.807) is 17.4 Å². The van der Waals surface area contributed by atoms with E-state index < -0.39 is 0 Å². The molecule has 0 saturated carbocycles. The molecule has 0 amide bonds. The Morgan fingerprint density at radius 2 is 2.16 bits per heavy atom. The van der Waals surface area contributed by atoms with Gasteiger partial charge in [-0.2, -0.15) is 0 Å². The van der Waals surface area contributed by atoms with Crippen LogP contribution in [0.2, 0.25) is 5.02 Å². The molecule has 4 heteroatoms. The number of aryl methyl sites for hydroxylation is 1. The normalized spacial score (nSPS) is 12.6. The van der Waals surface area contributed by atoms with Gasteiger partial charge in [0.15, 0.2) is 0 Å². The zero-order valence-electron chi connectivity index (χ0n) is 11.0. The zero-order valence-corrected chi connectivity index (χ0v) is 12.6. The van der Waals surface area contributed by atoms with Crippen molar-refractivity contribution in [3.8, 4) is 0 Å². The minimum atomic E-state index is -0.291. The van der Waals surface area contributed by atoms with E-state index in [4.69, 9.17) is 11.6 Å². The van der Waals surface area contributed by atoms with Gasteiger partial charge in [0, 0.05) is 15.9 Å². The lowest BCUT2D eigenvalue weighted by Gasteiger charge is -2.19. The molecule has 19 heavy (non-hydrogen) atoms. The van der Waals surface area contributed by atoms with Crippen LogP contribution in [0.3, 0.4) is 0 Å². The largest absolute Gasteiger partial charge is 0.310 e. The first-order valence-electron chi connectivity index (χ1n) is 6.33. The molecule has 0 radical (unpaired) electrons. The highest BCUT2D eigenvalue weighted by Gasteiger charge is 2.16. The van der Waals surface area contributed by atoms with Crippen LogP contribution in [0.15, 0.2) is 29.6 Å². The molecule has 1 atom stereocenters. The predicted octanol–water partition coefficient (Wildman–Crippen LogP) is 4.74. The van der Waals surface area contributed by atoms with Crippen LogP contribution in [-0.4, -0.2) is 6.54 Å². The first kappa shape index (κ1) is 14.5. The van der Waals surface area contributed by atoms with E-state index in [1.165, 1.54) is 22.6 Å². The van der Waals surface area contributed by atoms with Gasteiger partial charge in [-0.05, 0) is 54.6 Å². The Morgan fingerprint density at radius 3 is 2.74 bits per heavy atom.